The Morgan fingerprint density at radius 1 is 0.935 bits per heavy atom. The molecule has 0 amide bonds. The van der Waals surface area contributed by atoms with Crippen molar-refractivity contribution < 1.29 is 0 Å². The lowest BCUT2D eigenvalue weighted by molar-refractivity contribution is 0.248. The van der Waals surface area contributed by atoms with Gasteiger partial charge in [0, 0.05) is 69.4 Å². The van der Waals surface area contributed by atoms with Crippen LogP contribution in [0.2, 0.25) is 0 Å². The van der Waals surface area contributed by atoms with E-state index in [4.69, 9.17) is 0 Å². The molecule has 1 aliphatic heterocycles. The van der Waals surface area contributed by atoms with Crippen molar-refractivity contribution in [2.45, 2.75) is 13.5 Å². The molecule has 0 unspecified atom stereocenters. The van der Waals surface area contributed by atoms with Crippen LogP contribution in [-0.2, 0) is 13.6 Å². The van der Waals surface area contributed by atoms with Crippen LogP contribution in [0.5, 0.6) is 0 Å². The van der Waals surface area contributed by atoms with E-state index in [0.717, 1.165) is 49.5 Å². The number of nitrogens with zero attached hydrogens (tertiary/aromatic N) is 5. The molecule has 3 heterocycles. The predicted octanol–water partition coefficient (Wildman–Crippen LogP) is 3.61. The van der Waals surface area contributed by atoms with Crippen LogP contribution in [0, 0.1) is 0 Å². The Bertz CT molecular complexity index is 1320. The van der Waals surface area contributed by atoms with E-state index in [-0.39, 0.29) is 5.69 Å². The van der Waals surface area contributed by atoms with Crippen molar-refractivity contribution in [2.75, 3.05) is 37.6 Å². The van der Waals surface area contributed by atoms with Crippen LogP contribution < -0.4 is 10.6 Å². The number of allylic oxidation sites excluding steroid dienone is 1. The van der Waals surface area contributed by atoms with Gasteiger partial charge in [-0.3, -0.25) is 14.0 Å². The molecule has 0 aliphatic carbocycles. The number of hydrogen-bond donors (Lipinski definition) is 0. The van der Waals surface area contributed by atoms with Gasteiger partial charge in [-0.2, -0.15) is 0 Å². The zero-order valence-electron chi connectivity index (χ0n) is 18.3. The molecule has 4 aromatic rings. The third-order valence-corrected chi connectivity index (χ3v) is 6.47. The van der Waals surface area contributed by atoms with Gasteiger partial charge in [0.1, 0.15) is 0 Å². The lowest BCUT2D eigenvalue weighted by atomic mass is 10.2. The van der Waals surface area contributed by atoms with Gasteiger partial charge in [0.15, 0.2) is 0 Å². The van der Waals surface area contributed by atoms with Crippen LogP contribution in [0.4, 0.5) is 5.69 Å². The van der Waals surface area contributed by atoms with Crippen molar-refractivity contribution in [2.24, 2.45) is 7.05 Å². The van der Waals surface area contributed by atoms with Gasteiger partial charge in [-0.25, -0.2) is 4.79 Å². The molecule has 0 bridgehead atoms. The summed E-state index contributed by atoms with van der Waals surface area (Å²) in [6.07, 6.45) is 2.11. The number of anilines is 1. The molecule has 1 aliphatic rings. The third-order valence-electron chi connectivity index (χ3n) is 6.47. The second-order valence-electron chi connectivity index (χ2n) is 8.49. The minimum atomic E-state index is 0.00297. The summed E-state index contributed by atoms with van der Waals surface area (Å²) in [5.41, 5.74) is 5.22. The summed E-state index contributed by atoms with van der Waals surface area (Å²) < 4.78 is 5.78. The van der Waals surface area contributed by atoms with Crippen molar-refractivity contribution in [3.8, 4) is 0 Å². The number of rotatable bonds is 5. The molecule has 0 atom stereocenters. The minimum absolute atomic E-state index is 0.00297. The summed E-state index contributed by atoms with van der Waals surface area (Å²) >= 11 is 0. The molecule has 31 heavy (non-hydrogen) atoms. The third kappa shape index (κ3) is 3.47. The highest BCUT2D eigenvalue weighted by molar-refractivity contribution is 5.84. The fraction of sp³-hybridized carbons (Fsp3) is 0.320. The van der Waals surface area contributed by atoms with Gasteiger partial charge >= 0.3 is 5.69 Å². The minimum Gasteiger partial charge on any atom is -0.369 e. The first-order valence-electron chi connectivity index (χ1n) is 10.9. The molecular weight excluding hydrogens is 386 g/mol. The topological polar surface area (TPSA) is 38.3 Å². The van der Waals surface area contributed by atoms with Crippen LogP contribution in [0.25, 0.3) is 27.6 Å². The van der Waals surface area contributed by atoms with Crippen molar-refractivity contribution >= 4 is 33.3 Å². The molecule has 2 aromatic carbocycles. The molecule has 160 valence electrons. The molecule has 0 N–H and O–H groups in total. The first kappa shape index (κ1) is 19.7. The Morgan fingerprint density at radius 2 is 1.68 bits per heavy atom. The fourth-order valence-electron chi connectivity index (χ4n) is 4.71. The SMILES string of the molecule is C=C(C)n1c(=O)n(CCN2CCN(c3ccc4ccn(C)c4c3)CC2)c2ccccc21. The maximum atomic E-state index is 13.0. The van der Waals surface area contributed by atoms with Crippen LogP contribution in [0.15, 0.2) is 66.1 Å². The quantitative estimate of drug-likeness (QED) is 0.500. The van der Waals surface area contributed by atoms with Crippen LogP contribution in [0.1, 0.15) is 6.92 Å². The van der Waals surface area contributed by atoms with Gasteiger partial charge in [0.05, 0.1) is 11.0 Å². The van der Waals surface area contributed by atoms with E-state index < -0.39 is 0 Å². The molecule has 0 spiro atoms. The molecule has 6 heteroatoms. The smallest absolute Gasteiger partial charge is 0.333 e. The molecule has 0 radical (unpaired) electrons. The van der Waals surface area contributed by atoms with Crippen molar-refractivity contribution in [1.82, 2.24) is 18.6 Å². The summed E-state index contributed by atoms with van der Waals surface area (Å²) in [4.78, 5) is 17.9. The predicted molar refractivity (Wildman–Crippen MR) is 129 cm³/mol. The van der Waals surface area contributed by atoms with Crippen LogP contribution in [-0.4, -0.2) is 51.3 Å². The second-order valence-corrected chi connectivity index (χ2v) is 8.49. The number of aromatic nitrogens is 3. The number of imidazole rings is 1. The van der Waals surface area contributed by atoms with Crippen LogP contribution in [0.3, 0.4) is 0 Å². The number of fused-ring (bicyclic) bond motifs is 2. The highest BCUT2D eigenvalue weighted by Gasteiger charge is 2.19. The van der Waals surface area contributed by atoms with Crippen molar-refractivity contribution in [3.63, 3.8) is 0 Å². The number of aryl methyl sites for hydroxylation is 1. The Labute approximate surface area is 182 Å². The standard InChI is InChI=1S/C25H29N5O/c1-19(2)30-23-7-5-4-6-22(23)29(25(30)31)17-14-27-12-15-28(16-13-27)21-9-8-20-10-11-26(3)24(20)18-21/h4-11,18H,1,12-17H2,2-3H3. The second kappa shape index (κ2) is 7.78. The van der Waals surface area contributed by atoms with Gasteiger partial charge in [-0.1, -0.05) is 24.8 Å². The first-order valence-corrected chi connectivity index (χ1v) is 10.9. The van der Waals surface area contributed by atoms with Gasteiger partial charge in [0.25, 0.3) is 0 Å². The van der Waals surface area contributed by atoms with E-state index >= 15 is 0 Å². The highest BCUT2D eigenvalue weighted by atomic mass is 16.1. The molecule has 1 fully saturated rings. The fourth-order valence-corrected chi connectivity index (χ4v) is 4.71. The zero-order valence-corrected chi connectivity index (χ0v) is 18.3. The Kier molecular flexibility index (Phi) is 4.94. The van der Waals surface area contributed by atoms with E-state index in [0.29, 0.717) is 6.54 Å². The first-order chi connectivity index (χ1) is 15.0. The van der Waals surface area contributed by atoms with E-state index in [1.54, 1.807) is 4.57 Å². The number of piperazine rings is 1. The van der Waals surface area contributed by atoms with Crippen molar-refractivity contribution in [3.05, 3.63) is 71.8 Å². The van der Waals surface area contributed by atoms with Gasteiger partial charge < -0.3 is 9.47 Å². The lowest BCUT2D eigenvalue weighted by Crippen LogP contribution is -2.47. The van der Waals surface area contributed by atoms with E-state index in [9.17, 15) is 4.79 Å². The number of benzene rings is 2. The summed E-state index contributed by atoms with van der Waals surface area (Å²) in [7, 11) is 2.09. The largest absolute Gasteiger partial charge is 0.369 e. The maximum Gasteiger partial charge on any atom is 0.333 e. The molecule has 0 saturated carbocycles. The molecule has 5 rings (SSSR count). The average molecular weight is 416 g/mol. The van der Waals surface area contributed by atoms with E-state index in [2.05, 4.69) is 58.5 Å². The summed E-state index contributed by atoms with van der Waals surface area (Å²) in [5, 5.41) is 1.28. The van der Waals surface area contributed by atoms with Crippen LogP contribution >= 0.6 is 0 Å². The molecule has 2 aromatic heterocycles. The Morgan fingerprint density at radius 3 is 2.42 bits per heavy atom. The maximum absolute atomic E-state index is 13.0. The van der Waals surface area contributed by atoms with Gasteiger partial charge in [-0.05, 0) is 42.6 Å². The number of hydrogen-bond acceptors (Lipinski definition) is 3. The average Bonchev–Trinajstić information content (AvgIpc) is 3.29. The summed E-state index contributed by atoms with van der Waals surface area (Å²) in [6, 6.07) is 16.9. The summed E-state index contributed by atoms with van der Waals surface area (Å²) in [5.74, 6) is 0. The summed E-state index contributed by atoms with van der Waals surface area (Å²) in [6.45, 7) is 11.4. The Hall–Kier alpha value is -3.25. The van der Waals surface area contributed by atoms with Crippen molar-refractivity contribution in [1.29, 1.82) is 0 Å². The Balaban J connectivity index is 1.27. The molecule has 1 saturated heterocycles. The van der Waals surface area contributed by atoms with Gasteiger partial charge in [0.2, 0.25) is 0 Å². The lowest BCUT2D eigenvalue weighted by Gasteiger charge is -2.36. The van der Waals surface area contributed by atoms with E-state index in [1.165, 1.54) is 16.6 Å². The normalized spacial score (nSPS) is 15.2. The number of para-hydroxylation sites is 2. The molecular formula is C25H29N5O. The highest BCUT2D eigenvalue weighted by Crippen LogP contribution is 2.24. The van der Waals surface area contributed by atoms with E-state index in [1.807, 2.05) is 35.8 Å². The monoisotopic (exact) mass is 415 g/mol. The zero-order chi connectivity index (χ0) is 21.5. The molecule has 6 nitrogen and oxygen atoms in total. The van der Waals surface area contributed by atoms with Gasteiger partial charge in [-0.15, -0.1) is 0 Å².